The Morgan fingerprint density at radius 2 is 0.867 bits per heavy atom. The molecule has 0 nitrogen and oxygen atoms in total. The van der Waals surface area contributed by atoms with Crippen LogP contribution >= 0.6 is 58.0 Å². The smallest absolute Gasteiger partial charge is 0.166 e. The molecule has 0 bridgehead atoms. The summed E-state index contributed by atoms with van der Waals surface area (Å²) in [6.45, 7) is 0. The third kappa shape index (κ3) is 2.42. The molecule has 15 heavy (non-hydrogen) atoms. The number of rotatable bonds is 0. The number of halogens is 8. The number of hydrogen-bond acceptors (Lipinski definition) is 0. The fraction of sp³-hybridized carbons (Fsp3) is 0.143. The molecule has 0 aliphatic rings. The van der Waals surface area contributed by atoms with Gasteiger partial charge in [-0.3, -0.25) is 0 Å². The highest BCUT2D eigenvalue weighted by Crippen LogP contribution is 2.49. The zero-order valence-electron chi connectivity index (χ0n) is 6.52. The second-order valence-corrected chi connectivity index (χ2v) is 4.33. The Labute approximate surface area is 108 Å². The van der Waals surface area contributed by atoms with Crippen molar-refractivity contribution in [2.45, 2.75) is 6.18 Å². The molecule has 0 atom stereocenters. The van der Waals surface area contributed by atoms with Crippen LogP contribution in [0.5, 0.6) is 0 Å². The lowest BCUT2D eigenvalue weighted by atomic mass is 10.2. The average molecular weight is 318 g/mol. The van der Waals surface area contributed by atoms with E-state index in [-0.39, 0.29) is 5.02 Å². The minimum atomic E-state index is -4.74. The predicted octanol–water partition coefficient (Wildman–Crippen LogP) is 5.97. The van der Waals surface area contributed by atoms with E-state index >= 15 is 0 Å². The summed E-state index contributed by atoms with van der Waals surface area (Å²) < 4.78 is 37.4. The van der Waals surface area contributed by atoms with Crippen molar-refractivity contribution in [1.29, 1.82) is 0 Å². The first-order valence-corrected chi connectivity index (χ1v) is 5.15. The summed E-state index contributed by atoms with van der Waals surface area (Å²) in [5, 5.41) is -2.77. The molecule has 0 saturated carbocycles. The lowest BCUT2D eigenvalue weighted by Crippen LogP contribution is -2.07. The maximum absolute atomic E-state index is 12.5. The fourth-order valence-electron chi connectivity index (χ4n) is 0.854. The van der Waals surface area contributed by atoms with Crippen LogP contribution in [0.3, 0.4) is 0 Å². The molecule has 1 aromatic carbocycles. The van der Waals surface area contributed by atoms with E-state index in [0.29, 0.717) is 0 Å². The molecule has 0 unspecified atom stereocenters. The highest BCUT2D eigenvalue weighted by Gasteiger charge is 2.39. The van der Waals surface area contributed by atoms with Crippen molar-refractivity contribution in [2.24, 2.45) is 0 Å². The molecule has 0 spiro atoms. The first-order valence-electron chi connectivity index (χ1n) is 3.26. The maximum Gasteiger partial charge on any atom is 0.419 e. The first kappa shape index (κ1) is 13.5. The van der Waals surface area contributed by atoms with Crippen molar-refractivity contribution in [3.63, 3.8) is 0 Å². The Balaban J connectivity index is 3.68. The minimum Gasteiger partial charge on any atom is -0.166 e. The Hall–Kier alpha value is 0.460. The van der Waals surface area contributed by atoms with Gasteiger partial charge in [-0.25, -0.2) is 0 Å². The Kier molecular flexibility index (Phi) is 3.95. The Morgan fingerprint density at radius 3 is 1.13 bits per heavy atom. The van der Waals surface area contributed by atoms with Gasteiger partial charge in [-0.1, -0.05) is 58.0 Å². The van der Waals surface area contributed by atoms with Crippen LogP contribution in [0.1, 0.15) is 5.56 Å². The molecule has 0 radical (unpaired) electrons. The quantitative estimate of drug-likeness (QED) is 0.408. The zero-order valence-corrected chi connectivity index (χ0v) is 10.3. The second-order valence-electron chi connectivity index (χ2n) is 2.44. The maximum atomic E-state index is 12.5. The molecular weight excluding hydrogens is 318 g/mol. The molecule has 0 saturated heterocycles. The molecule has 0 aliphatic heterocycles. The lowest BCUT2D eigenvalue weighted by Gasteiger charge is -2.14. The molecule has 84 valence electrons. The van der Waals surface area contributed by atoms with Gasteiger partial charge in [0.2, 0.25) is 0 Å². The van der Waals surface area contributed by atoms with E-state index in [4.69, 9.17) is 58.0 Å². The van der Waals surface area contributed by atoms with Crippen LogP contribution in [0.25, 0.3) is 0 Å². The molecular formula is C7Cl5F3. The molecule has 8 heteroatoms. The first-order chi connectivity index (χ1) is 6.68. The number of hydrogen-bond donors (Lipinski definition) is 0. The summed E-state index contributed by atoms with van der Waals surface area (Å²) >= 11 is 27.2. The summed E-state index contributed by atoms with van der Waals surface area (Å²) in [6, 6.07) is 0. The van der Waals surface area contributed by atoms with Crippen LogP contribution in [0.4, 0.5) is 13.2 Å². The van der Waals surface area contributed by atoms with Gasteiger partial charge < -0.3 is 0 Å². The van der Waals surface area contributed by atoms with E-state index in [1.807, 2.05) is 0 Å². The monoisotopic (exact) mass is 316 g/mol. The topological polar surface area (TPSA) is 0 Å². The van der Waals surface area contributed by atoms with Gasteiger partial charge in [-0.2, -0.15) is 13.2 Å². The summed E-state index contributed by atoms with van der Waals surface area (Å²) in [6.07, 6.45) is -4.74. The second kappa shape index (κ2) is 4.38. The van der Waals surface area contributed by atoms with E-state index in [0.717, 1.165) is 0 Å². The molecule has 0 fully saturated rings. The fourth-order valence-corrected chi connectivity index (χ4v) is 2.21. The molecule has 0 N–H and O–H groups in total. The van der Waals surface area contributed by atoms with E-state index < -0.39 is 31.8 Å². The molecule has 0 aromatic heterocycles. The van der Waals surface area contributed by atoms with Crippen LogP contribution in [0.15, 0.2) is 0 Å². The minimum absolute atomic E-state index is 0.304. The summed E-state index contributed by atoms with van der Waals surface area (Å²) in [5.41, 5.74) is -1.29. The van der Waals surface area contributed by atoms with Gasteiger partial charge in [0.25, 0.3) is 0 Å². The molecule has 0 aliphatic carbocycles. The average Bonchev–Trinajstić information content (AvgIpc) is 2.09. The van der Waals surface area contributed by atoms with Crippen LogP contribution in [-0.2, 0) is 6.18 Å². The van der Waals surface area contributed by atoms with E-state index in [9.17, 15) is 13.2 Å². The van der Waals surface area contributed by atoms with Gasteiger partial charge in [-0.05, 0) is 0 Å². The normalized spacial score (nSPS) is 12.0. The van der Waals surface area contributed by atoms with Crippen LogP contribution < -0.4 is 0 Å². The SMILES string of the molecule is FC(F)(F)c1c(Cl)c(Cl)c(Cl)c(Cl)c1Cl. The van der Waals surface area contributed by atoms with Gasteiger partial charge in [-0.15, -0.1) is 0 Å². The van der Waals surface area contributed by atoms with E-state index in [2.05, 4.69) is 0 Å². The van der Waals surface area contributed by atoms with Gasteiger partial charge in [0.05, 0.1) is 30.7 Å². The Morgan fingerprint density at radius 1 is 0.600 bits per heavy atom. The van der Waals surface area contributed by atoms with Crippen molar-refractivity contribution in [2.75, 3.05) is 0 Å². The number of alkyl halides is 3. The van der Waals surface area contributed by atoms with E-state index in [1.54, 1.807) is 0 Å². The highest BCUT2D eigenvalue weighted by molar-refractivity contribution is 6.55. The highest BCUT2D eigenvalue weighted by atomic mass is 35.5. The van der Waals surface area contributed by atoms with Gasteiger partial charge >= 0.3 is 6.18 Å². The van der Waals surface area contributed by atoms with Crippen LogP contribution in [0.2, 0.25) is 25.1 Å². The van der Waals surface area contributed by atoms with Crippen molar-refractivity contribution in [1.82, 2.24) is 0 Å². The van der Waals surface area contributed by atoms with Gasteiger partial charge in [0.1, 0.15) is 0 Å². The third-order valence-corrected chi connectivity index (χ3v) is 3.77. The Bertz CT molecular complexity index is 383. The molecule has 0 heterocycles. The predicted molar refractivity (Wildman–Crippen MR) is 56.5 cm³/mol. The number of benzene rings is 1. The van der Waals surface area contributed by atoms with Crippen molar-refractivity contribution in [3.8, 4) is 0 Å². The summed E-state index contributed by atoms with van der Waals surface area (Å²) in [7, 11) is 0. The van der Waals surface area contributed by atoms with Gasteiger partial charge in [0.15, 0.2) is 0 Å². The van der Waals surface area contributed by atoms with Crippen molar-refractivity contribution < 1.29 is 13.2 Å². The van der Waals surface area contributed by atoms with Crippen molar-refractivity contribution in [3.05, 3.63) is 30.7 Å². The molecule has 1 aromatic rings. The summed E-state index contributed by atoms with van der Waals surface area (Å²) in [5.74, 6) is 0. The van der Waals surface area contributed by atoms with Crippen LogP contribution in [-0.4, -0.2) is 0 Å². The largest absolute Gasteiger partial charge is 0.419 e. The van der Waals surface area contributed by atoms with E-state index in [1.165, 1.54) is 0 Å². The van der Waals surface area contributed by atoms with Gasteiger partial charge in [0, 0.05) is 0 Å². The third-order valence-electron chi connectivity index (χ3n) is 1.49. The standard InChI is InChI=1S/C7Cl5F3/c8-2-1(7(13,14)15)3(9)5(11)6(12)4(2)10. The molecule has 0 amide bonds. The van der Waals surface area contributed by atoms with Crippen LogP contribution in [0, 0.1) is 0 Å². The molecule has 1 rings (SSSR count). The van der Waals surface area contributed by atoms with Crippen molar-refractivity contribution >= 4 is 58.0 Å². The lowest BCUT2D eigenvalue weighted by molar-refractivity contribution is -0.137. The zero-order chi connectivity index (χ0) is 12.0. The summed E-state index contributed by atoms with van der Waals surface area (Å²) in [4.78, 5) is 0.